The second-order valence-electron chi connectivity index (χ2n) is 5.75. The van der Waals surface area contributed by atoms with Gasteiger partial charge in [0.25, 0.3) is 0 Å². The van der Waals surface area contributed by atoms with Gasteiger partial charge in [-0.05, 0) is 24.8 Å². The third-order valence-electron chi connectivity index (χ3n) is 3.70. The van der Waals surface area contributed by atoms with E-state index in [1.54, 1.807) is 17.5 Å². The summed E-state index contributed by atoms with van der Waals surface area (Å²) in [6, 6.07) is 9.27. The summed E-state index contributed by atoms with van der Waals surface area (Å²) in [5.41, 5.74) is 1.07. The molecule has 6 nitrogen and oxygen atoms in total. The van der Waals surface area contributed by atoms with Crippen LogP contribution in [0.4, 0.5) is 4.79 Å². The van der Waals surface area contributed by atoms with Gasteiger partial charge in [-0.3, -0.25) is 4.79 Å². The van der Waals surface area contributed by atoms with Gasteiger partial charge in [0.05, 0.1) is 5.01 Å². The Morgan fingerprint density at radius 3 is 2.72 bits per heavy atom. The summed E-state index contributed by atoms with van der Waals surface area (Å²) in [6.45, 7) is 0.558. The first kappa shape index (κ1) is 18.9. The highest BCUT2D eigenvalue weighted by Gasteiger charge is 2.14. The average molecular weight is 361 g/mol. The molecule has 0 saturated carbocycles. The topological polar surface area (TPSA) is 91.3 Å². The predicted octanol–water partition coefficient (Wildman–Crippen LogP) is 2.85. The summed E-state index contributed by atoms with van der Waals surface area (Å²) < 4.78 is 0. The van der Waals surface area contributed by atoms with E-state index in [9.17, 15) is 9.59 Å². The van der Waals surface area contributed by atoms with Gasteiger partial charge in [0.1, 0.15) is 0 Å². The minimum absolute atomic E-state index is 0.0296. The van der Waals surface area contributed by atoms with Gasteiger partial charge in [-0.15, -0.1) is 11.3 Å². The van der Waals surface area contributed by atoms with Crippen molar-refractivity contribution in [3.63, 3.8) is 0 Å². The quantitative estimate of drug-likeness (QED) is 0.568. The Hall–Kier alpha value is -2.41. The Balaban J connectivity index is 1.75. The number of amides is 2. The van der Waals surface area contributed by atoms with Crippen molar-refractivity contribution in [2.24, 2.45) is 0 Å². The van der Waals surface area contributed by atoms with Crippen LogP contribution in [0.25, 0.3) is 0 Å². The second-order valence-corrected chi connectivity index (χ2v) is 6.73. The van der Waals surface area contributed by atoms with Gasteiger partial charge in [0, 0.05) is 37.0 Å². The Morgan fingerprint density at radius 2 is 2.04 bits per heavy atom. The fourth-order valence-electron chi connectivity index (χ4n) is 2.48. The summed E-state index contributed by atoms with van der Waals surface area (Å²) in [4.78, 5) is 27.1. The number of carbonyl (C=O) groups is 2. The van der Waals surface area contributed by atoms with Gasteiger partial charge in [-0.1, -0.05) is 30.3 Å². The third-order valence-corrected chi connectivity index (χ3v) is 4.54. The summed E-state index contributed by atoms with van der Waals surface area (Å²) in [7, 11) is 0. The first-order valence-corrected chi connectivity index (χ1v) is 9.20. The minimum atomic E-state index is -0.858. The predicted molar refractivity (Wildman–Crippen MR) is 97.8 cm³/mol. The van der Waals surface area contributed by atoms with E-state index in [1.165, 1.54) is 0 Å². The molecule has 0 saturated heterocycles. The van der Waals surface area contributed by atoms with Crippen molar-refractivity contribution in [1.29, 1.82) is 0 Å². The molecule has 0 radical (unpaired) electrons. The maximum absolute atomic E-state index is 12.1. The molecule has 134 valence electrons. The highest BCUT2D eigenvalue weighted by molar-refractivity contribution is 7.09. The first-order valence-electron chi connectivity index (χ1n) is 8.32. The van der Waals surface area contributed by atoms with E-state index in [0.717, 1.165) is 23.4 Å². The number of hydrogen-bond acceptors (Lipinski definition) is 4. The number of carboxylic acid groups (broad SMARTS) is 1. The van der Waals surface area contributed by atoms with Crippen LogP contribution in [0.3, 0.4) is 0 Å². The van der Waals surface area contributed by atoms with Crippen LogP contribution in [-0.2, 0) is 17.6 Å². The summed E-state index contributed by atoms with van der Waals surface area (Å²) >= 11 is 1.61. The number of aryl methyl sites for hydroxylation is 1. The zero-order chi connectivity index (χ0) is 17.9. The van der Waals surface area contributed by atoms with Crippen LogP contribution in [-0.4, -0.2) is 34.7 Å². The molecule has 0 bridgehead atoms. The van der Waals surface area contributed by atoms with Crippen molar-refractivity contribution in [1.82, 2.24) is 15.6 Å². The van der Waals surface area contributed by atoms with Crippen LogP contribution in [0.1, 0.15) is 29.8 Å². The molecule has 7 heteroatoms. The molecule has 1 aromatic heterocycles. The Bertz CT molecular complexity index is 647. The summed E-state index contributed by atoms with van der Waals surface area (Å²) in [5.74, 6) is -0.858. The summed E-state index contributed by atoms with van der Waals surface area (Å²) in [5, 5.41) is 17.6. The molecular weight excluding hydrogens is 338 g/mol. The number of aliphatic carboxylic acids is 1. The molecule has 1 aromatic carbocycles. The smallest absolute Gasteiger partial charge is 0.315 e. The largest absolute Gasteiger partial charge is 0.481 e. The van der Waals surface area contributed by atoms with Gasteiger partial charge < -0.3 is 15.7 Å². The average Bonchev–Trinajstić information content (AvgIpc) is 3.11. The normalized spacial score (nSPS) is 11.7. The van der Waals surface area contributed by atoms with E-state index in [4.69, 9.17) is 5.11 Å². The van der Waals surface area contributed by atoms with E-state index >= 15 is 0 Å². The number of aromatic nitrogens is 1. The molecule has 0 fully saturated rings. The second kappa shape index (κ2) is 10.5. The van der Waals surface area contributed by atoms with Gasteiger partial charge in [0.2, 0.25) is 0 Å². The molecule has 2 amide bonds. The highest BCUT2D eigenvalue weighted by Crippen LogP contribution is 2.08. The molecule has 1 atom stereocenters. The van der Waals surface area contributed by atoms with Gasteiger partial charge in [-0.2, -0.15) is 0 Å². The number of benzene rings is 1. The number of carboxylic acids is 1. The summed E-state index contributed by atoms with van der Waals surface area (Å²) in [6.07, 6.45) is 4.47. The number of urea groups is 1. The first-order chi connectivity index (χ1) is 12.1. The van der Waals surface area contributed by atoms with Crippen molar-refractivity contribution < 1.29 is 14.7 Å². The zero-order valence-corrected chi connectivity index (χ0v) is 14.8. The molecule has 1 heterocycles. The van der Waals surface area contributed by atoms with Gasteiger partial charge in [-0.25, -0.2) is 9.78 Å². The van der Waals surface area contributed by atoms with Crippen molar-refractivity contribution in [2.45, 2.75) is 38.1 Å². The monoisotopic (exact) mass is 361 g/mol. The molecule has 25 heavy (non-hydrogen) atoms. The molecular formula is C18H23N3O3S. The Kier molecular flexibility index (Phi) is 7.91. The lowest BCUT2D eigenvalue weighted by molar-refractivity contribution is -0.137. The Labute approximate surface area is 151 Å². The molecule has 0 aliphatic carbocycles. The maximum atomic E-state index is 12.1. The van der Waals surface area contributed by atoms with E-state index in [1.807, 2.05) is 35.7 Å². The van der Waals surface area contributed by atoms with E-state index in [-0.39, 0.29) is 18.5 Å². The number of thiazole rings is 1. The lowest BCUT2D eigenvalue weighted by Gasteiger charge is -2.18. The van der Waals surface area contributed by atoms with E-state index < -0.39 is 5.97 Å². The lowest BCUT2D eigenvalue weighted by Crippen LogP contribution is -2.43. The maximum Gasteiger partial charge on any atom is 0.315 e. The fourth-order valence-corrected chi connectivity index (χ4v) is 3.14. The Morgan fingerprint density at radius 1 is 1.24 bits per heavy atom. The number of hydrogen-bond donors (Lipinski definition) is 3. The minimum Gasteiger partial charge on any atom is -0.481 e. The molecule has 0 aliphatic heterocycles. The number of nitrogens with zero attached hydrogens (tertiary/aromatic N) is 1. The number of nitrogens with one attached hydrogen (secondary N) is 2. The number of carbonyl (C=O) groups excluding carboxylic acids is 1. The number of rotatable bonds is 10. The SMILES string of the molecule is O=C(O)CCC(Cc1ccccc1)NC(=O)NCCCc1nccs1. The van der Waals surface area contributed by atoms with E-state index in [0.29, 0.717) is 19.4 Å². The van der Waals surface area contributed by atoms with Crippen molar-refractivity contribution >= 4 is 23.3 Å². The van der Waals surface area contributed by atoms with Crippen LogP contribution in [0.15, 0.2) is 41.9 Å². The molecule has 1 unspecified atom stereocenters. The van der Waals surface area contributed by atoms with Gasteiger partial charge >= 0.3 is 12.0 Å². The molecule has 2 rings (SSSR count). The van der Waals surface area contributed by atoms with Crippen LogP contribution in [0.5, 0.6) is 0 Å². The molecule has 0 spiro atoms. The fraction of sp³-hybridized carbons (Fsp3) is 0.389. The lowest BCUT2D eigenvalue weighted by atomic mass is 10.0. The van der Waals surface area contributed by atoms with Crippen molar-refractivity contribution in [3.05, 3.63) is 52.5 Å². The zero-order valence-electron chi connectivity index (χ0n) is 14.0. The molecule has 2 aromatic rings. The van der Waals surface area contributed by atoms with Crippen molar-refractivity contribution in [2.75, 3.05) is 6.54 Å². The van der Waals surface area contributed by atoms with E-state index in [2.05, 4.69) is 15.6 Å². The van der Waals surface area contributed by atoms with Crippen LogP contribution >= 0.6 is 11.3 Å². The van der Waals surface area contributed by atoms with Crippen molar-refractivity contribution in [3.8, 4) is 0 Å². The standard InChI is InChI=1S/C18H23N3O3S/c22-17(23)9-8-15(13-14-5-2-1-3-6-14)21-18(24)20-10-4-7-16-19-11-12-25-16/h1-3,5-6,11-12,15H,4,7-10,13H2,(H,22,23)(H2,20,21,24). The highest BCUT2D eigenvalue weighted by atomic mass is 32.1. The van der Waals surface area contributed by atoms with Crippen LogP contribution < -0.4 is 10.6 Å². The third kappa shape index (κ3) is 7.80. The molecule has 3 N–H and O–H groups in total. The van der Waals surface area contributed by atoms with Gasteiger partial charge in [0.15, 0.2) is 0 Å². The van der Waals surface area contributed by atoms with Crippen LogP contribution in [0, 0.1) is 0 Å². The van der Waals surface area contributed by atoms with Crippen LogP contribution in [0.2, 0.25) is 0 Å². The molecule has 0 aliphatic rings.